The molecule has 1 aliphatic heterocycles. The highest BCUT2D eigenvalue weighted by Gasteiger charge is 2.34. The summed E-state index contributed by atoms with van der Waals surface area (Å²) in [5.74, 6) is 0.390. The summed E-state index contributed by atoms with van der Waals surface area (Å²) >= 11 is 6.32. The highest BCUT2D eigenvalue weighted by atomic mass is 35.5. The summed E-state index contributed by atoms with van der Waals surface area (Å²) in [6, 6.07) is 12.1. The van der Waals surface area contributed by atoms with Crippen LogP contribution in [0.3, 0.4) is 0 Å². The van der Waals surface area contributed by atoms with E-state index in [1.54, 1.807) is 24.3 Å². The van der Waals surface area contributed by atoms with E-state index in [4.69, 9.17) is 11.6 Å². The van der Waals surface area contributed by atoms with Gasteiger partial charge in [0.05, 0.1) is 12.4 Å². The molecular formula is C18H19ClN2O2. The zero-order valence-corrected chi connectivity index (χ0v) is 13.6. The summed E-state index contributed by atoms with van der Waals surface area (Å²) in [5, 5.41) is 19.6. The van der Waals surface area contributed by atoms with Gasteiger partial charge in [-0.1, -0.05) is 36.7 Å². The molecule has 2 aromatic carbocycles. The standard InChI is InChI=1S/C18H19ClN2O2/c1-2-9-21-11-20-17(15-8-7-14(23)10-16(15)19)18(21)12-3-5-13(22)6-4-12/h3-8,10-11,17-18,22-23H,2,9H2,1H3/t17-,18+/m0/s1. The van der Waals surface area contributed by atoms with E-state index >= 15 is 0 Å². The maximum atomic E-state index is 9.57. The summed E-state index contributed by atoms with van der Waals surface area (Å²) in [6.07, 6.45) is 2.88. The van der Waals surface area contributed by atoms with Crippen LogP contribution in [0.5, 0.6) is 11.5 Å². The predicted octanol–water partition coefficient (Wildman–Crippen LogP) is 4.29. The second-order valence-electron chi connectivity index (χ2n) is 5.69. The lowest BCUT2D eigenvalue weighted by Crippen LogP contribution is -2.26. The van der Waals surface area contributed by atoms with Gasteiger partial charge in [0.1, 0.15) is 17.5 Å². The van der Waals surface area contributed by atoms with E-state index in [1.807, 2.05) is 24.5 Å². The first-order valence-electron chi connectivity index (χ1n) is 7.66. The van der Waals surface area contributed by atoms with Gasteiger partial charge in [-0.15, -0.1) is 0 Å². The molecule has 0 radical (unpaired) electrons. The molecule has 0 saturated heterocycles. The summed E-state index contributed by atoms with van der Waals surface area (Å²) in [5.41, 5.74) is 1.96. The van der Waals surface area contributed by atoms with Crippen LogP contribution in [0.1, 0.15) is 36.6 Å². The average Bonchev–Trinajstić information content (AvgIpc) is 2.92. The number of aromatic hydroxyl groups is 2. The molecule has 4 nitrogen and oxygen atoms in total. The number of phenolic OH excluding ortho intramolecular Hbond substituents is 2. The van der Waals surface area contributed by atoms with Gasteiger partial charge in [0.2, 0.25) is 0 Å². The first-order valence-corrected chi connectivity index (χ1v) is 8.04. The lowest BCUT2D eigenvalue weighted by atomic mass is 9.93. The van der Waals surface area contributed by atoms with E-state index in [2.05, 4.69) is 16.8 Å². The molecule has 0 saturated carbocycles. The van der Waals surface area contributed by atoms with Gasteiger partial charge in [-0.05, 0) is 41.8 Å². The van der Waals surface area contributed by atoms with Crippen LogP contribution in [-0.2, 0) is 0 Å². The minimum Gasteiger partial charge on any atom is -0.508 e. The van der Waals surface area contributed by atoms with Gasteiger partial charge >= 0.3 is 0 Å². The van der Waals surface area contributed by atoms with Crippen molar-refractivity contribution in [2.75, 3.05) is 6.54 Å². The number of halogens is 1. The van der Waals surface area contributed by atoms with Gasteiger partial charge in [0.15, 0.2) is 0 Å². The van der Waals surface area contributed by atoms with Crippen LogP contribution in [-0.4, -0.2) is 28.0 Å². The van der Waals surface area contributed by atoms with E-state index in [0.717, 1.165) is 24.1 Å². The third-order valence-corrected chi connectivity index (χ3v) is 4.38. The second-order valence-corrected chi connectivity index (χ2v) is 6.10. The SMILES string of the molecule is CCCN1C=N[C@@H](c2ccc(O)cc2Cl)[C@H]1c1ccc(O)cc1. The van der Waals surface area contributed by atoms with E-state index in [9.17, 15) is 10.2 Å². The fourth-order valence-corrected chi connectivity index (χ4v) is 3.29. The zero-order valence-electron chi connectivity index (χ0n) is 12.9. The van der Waals surface area contributed by atoms with Crippen molar-refractivity contribution in [3.05, 3.63) is 58.6 Å². The van der Waals surface area contributed by atoms with Gasteiger partial charge in [-0.25, -0.2) is 0 Å². The lowest BCUT2D eigenvalue weighted by molar-refractivity contribution is 0.316. The molecule has 2 atom stereocenters. The normalized spacial score (nSPS) is 20.2. The van der Waals surface area contributed by atoms with E-state index < -0.39 is 0 Å². The smallest absolute Gasteiger partial charge is 0.117 e. The molecule has 1 aliphatic rings. The van der Waals surface area contributed by atoms with Gasteiger partial charge in [0, 0.05) is 11.6 Å². The van der Waals surface area contributed by atoms with Crippen LogP contribution in [0.15, 0.2) is 47.5 Å². The number of rotatable bonds is 4. The Bertz CT molecular complexity index is 715. The molecule has 5 heteroatoms. The molecule has 0 unspecified atom stereocenters. The largest absolute Gasteiger partial charge is 0.508 e. The highest BCUT2D eigenvalue weighted by molar-refractivity contribution is 6.31. The summed E-state index contributed by atoms with van der Waals surface area (Å²) in [4.78, 5) is 6.84. The van der Waals surface area contributed by atoms with Crippen molar-refractivity contribution in [2.45, 2.75) is 25.4 Å². The lowest BCUT2D eigenvalue weighted by Gasteiger charge is -2.29. The topological polar surface area (TPSA) is 56.1 Å². The summed E-state index contributed by atoms with van der Waals surface area (Å²) in [6.45, 7) is 3.02. The molecule has 1 heterocycles. The number of hydrogen-bond acceptors (Lipinski definition) is 4. The number of hydrogen-bond donors (Lipinski definition) is 2. The number of phenols is 2. The molecular weight excluding hydrogens is 312 g/mol. The van der Waals surface area contributed by atoms with Gasteiger partial charge < -0.3 is 15.1 Å². The first-order chi connectivity index (χ1) is 11.1. The number of nitrogens with zero attached hydrogens (tertiary/aromatic N) is 2. The first kappa shape index (κ1) is 15.7. The Balaban J connectivity index is 2.00. The van der Waals surface area contributed by atoms with Crippen molar-refractivity contribution in [1.29, 1.82) is 0 Å². The maximum Gasteiger partial charge on any atom is 0.117 e. The van der Waals surface area contributed by atoms with Gasteiger partial charge in [0.25, 0.3) is 0 Å². The molecule has 0 amide bonds. The molecule has 0 bridgehead atoms. The van der Waals surface area contributed by atoms with Crippen molar-refractivity contribution < 1.29 is 10.2 Å². The molecule has 2 aromatic rings. The summed E-state index contributed by atoms with van der Waals surface area (Å²) in [7, 11) is 0. The second kappa shape index (κ2) is 6.50. The van der Waals surface area contributed by atoms with Crippen molar-refractivity contribution in [3.63, 3.8) is 0 Å². The molecule has 0 fully saturated rings. The molecule has 120 valence electrons. The third-order valence-electron chi connectivity index (χ3n) is 4.05. The Hall–Kier alpha value is -2.20. The Labute approximate surface area is 140 Å². The third kappa shape index (κ3) is 3.13. The molecule has 23 heavy (non-hydrogen) atoms. The molecule has 2 N–H and O–H groups in total. The molecule has 3 rings (SSSR count). The molecule has 0 aromatic heterocycles. The van der Waals surface area contributed by atoms with E-state index in [1.165, 1.54) is 0 Å². The van der Waals surface area contributed by atoms with Crippen LogP contribution in [0.4, 0.5) is 0 Å². The van der Waals surface area contributed by atoms with E-state index in [0.29, 0.717) is 5.02 Å². The number of benzene rings is 2. The fraction of sp³-hybridized carbons (Fsp3) is 0.278. The Morgan fingerprint density at radius 2 is 1.78 bits per heavy atom. The zero-order chi connectivity index (χ0) is 16.4. The van der Waals surface area contributed by atoms with Gasteiger partial charge in [-0.2, -0.15) is 0 Å². The van der Waals surface area contributed by atoms with Crippen molar-refractivity contribution in [3.8, 4) is 11.5 Å². The van der Waals surface area contributed by atoms with Crippen LogP contribution in [0.25, 0.3) is 0 Å². The minimum atomic E-state index is -0.140. The van der Waals surface area contributed by atoms with Crippen LogP contribution in [0, 0.1) is 0 Å². The minimum absolute atomic E-state index is 0.0255. The molecule has 0 aliphatic carbocycles. The fourth-order valence-electron chi connectivity index (χ4n) is 3.00. The van der Waals surface area contributed by atoms with Crippen LogP contribution < -0.4 is 0 Å². The van der Waals surface area contributed by atoms with Crippen molar-refractivity contribution in [2.24, 2.45) is 4.99 Å². The highest BCUT2D eigenvalue weighted by Crippen LogP contribution is 2.43. The quantitative estimate of drug-likeness (QED) is 0.879. The monoisotopic (exact) mass is 330 g/mol. The predicted molar refractivity (Wildman–Crippen MR) is 92.2 cm³/mol. The Morgan fingerprint density at radius 3 is 2.43 bits per heavy atom. The molecule has 0 spiro atoms. The van der Waals surface area contributed by atoms with Crippen molar-refractivity contribution >= 4 is 17.9 Å². The average molecular weight is 331 g/mol. The van der Waals surface area contributed by atoms with Crippen LogP contribution in [0.2, 0.25) is 5.02 Å². The summed E-state index contributed by atoms with van der Waals surface area (Å²) < 4.78 is 0. The Kier molecular flexibility index (Phi) is 4.44. The van der Waals surface area contributed by atoms with Crippen molar-refractivity contribution in [1.82, 2.24) is 4.90 Å². The maximum absolute atomic E-state index is 9.57. The van der Waals surface area contributed by atoms with E-state index in [-0.39, 0.29) is 23.6 Å². The Morgan fingerprint density at radius 1 is 1.09 bits per heavy atom. The van der Waals surface area contributed by atoms with Gasteiger partial charge in [-0.3, -0.25) is 4.99 Å². The van der Waals surface area contributed by atoms with Crippen LogP contribution >= 0.6 is 11.6 Å². The number of aliphatic imine (C=N–C) groups is 1.